The molecular weight excluding hydrogens is 230 g/mol. The largest absolute Gasteiger partial charge is 0.491 e. The molecule has 86 valence electrons. The molecule has 0 amide bonds. The third-order valence-electron chi connectivity index (χ3n) is 1.92. The Morgan fingerprint density at radius 1 is 1.53 bits per heavy atom. The summed E-state index contributed by atoms with van der Waals surface area (Å²) in [5, 5.41) is 22.8. The van der Waals surface area contributed by atoms with Crippen molar-refractivity contribution in [2.24, 2.45) is 0 Å². The number of carbonyl (C=O) groups is 1. The summed E-state index contributed by atoms with van der Waals surface area (Å²) >= 11 is 0. The number of rotatable bonds is 3. The summed E-state index contributed by atoms with van der Waals surface area (Å²) < 4.78 is 0.995. The van der Waals surface area contributed by atoms with E-state index in [4.69, 9.17) is 5.11 Å². The van der Waals surface area contributed by atoms with Crippen LogP contribution >= 0.6 is 0 Å². The molecule has 2 heterocycles. The van der Waals surface area contributed by atoms with Gasteiger partial charge in [0, 0.05) is 11.3 Å². The summed E-state index contributed by atoms with van der Waals surface area (Å²) in [4.78, 5) is 27.7. The van der Waals surface area contributed by atoms with Gasteiger partial charge in [0.05, 0.1) is 11.8 Å². The third kappa shape index (κ3) is 1.93. The lowest BCUT2D eigenvalue weighted by Gasteiger charge is -2.00. The molecule has 0 aromatic carbocycles. The molecule has 0 aliphatic heterocycles. The highest BCUT2D eigenvalue weighted by molar-refractivity contribution is 5.91. The van der Waals surface area contributed by atoms with Gasteiger partial charge in [0.2, 0.25) is 6.33 Å². The molecule has 1 N–H and O–H groups in total. The predicted octanol–water partition coefficient (Wildman–Crippen LogP) is 0.269. The highest BCUT2D eigenvalue weighted by Crippen LogP contribution is 2.13. The van der Waals surface area contributed by atoms with Gasteiger partial charge in [0.1, 0.15) is 5.69 Å². The number of hydrogen-bond acceptors (Lipinski definition) is 6. The van der Waals surface area contributed by atoms with E-state index in [0.717, 1.165) is 11.0 Å². The Morgan fingerprint density at radius 2 is 2.29 bits per heavy atom. The van der Waals surface area contributed by atoms with Gasteiger partial charge >= 0.3 is 11.9 Å². The molecule has 0 fully saturated rings. The van der Waals surface area contributed by atoms with Crippen molar-refractivity contribution in [3.05, 3.63) is 40.5 Å². The highest BCUT2D eigenvalue weighted by atomic mass is 16.6. The molecule has 0 aliphatic rings. The van der Waals surface area contributed by atoms with E-state index in [-0.39, 0.29) is 11.3 Å². The smallest absolute Gasteiger partial charge is 0.478 e. The van der Waals surface area contributed by atoms with Crippen LogP contribution in [0, 0.1) is 10.1 Å². The zero-order valence-electron chi connectivity index (χ0n) is 8.22. The van der Waals surface area contributed by atoms with E-state index in [1.807, 2.05) is 0 Å². The molecule has 0 unspecified atom stereocenters. The number of carboxylic acid groups (broad SMARTS) is 1. The van der Waals surface area contributed by atoms with Gasteiger partial charge in [0.15, 0.2) is 0 Å². The van der Waals surface area contributed by atoms with Crippen LogP contribution in [-0.2, 0) is 0 Å². The van der Waals surface area contributed by atoms with Crippen LogP contribution in [-0.4, -0.2) is 35.7 Å². The standard InChI is InChI=1S/C8H5N5O4/c14-7(15)5-1-2-9-3-6(5)12-4-10-8(11-12)13(16)17/h1-4H,(H,14,15). The van der Waals surface area contributed by atoms with Crippen LogP contribution in [0.3, 0.4) is 0 Å². The van der Waals surface area contributed by atoms with E-state index >= 15 is 0 Å². The lowest BCUT2D eigenvalue weighted by molar-refractivity contribution is -0.394. The van der Waals surface area contributed by atoms with Crippen molar-refractivity contribution >= 4 is 11.9 Å². The Kier molecular flexibility index (Phi) is 2.49. The molecule has 9 heteroatoms. The molecular formula is C8H5N5O4. The van der Waals surface area contributed by atoms with Crippen LogP contribution in [0.15, 0.2) is 24.8 Å². The Balaban J connectivity index is 2.52. The number of nitro groups is 1. The summed E-state index contributed by atoms with van der Waals surface area (Å²) in [6.45, 7) is 0. The lowest BCUT2D eigenvalue weighted by Crippen LogP contribution is -2.06. The van der Waals surface area contributed by atoms with Crippen LogP contribution < -0.4 is 0 Å². The molecule has 0 atom stereocenters. The molecule has 0 radical (unpaired) electrons. The average Bonchev–Trinajstić information content (AvgIpc) is 2.78. The number of carboxylic acids is 1. The summed E-state index contributed by atoms with van der Waals surface area (Å²) in [5.41, 5.74) is 0.0420. The Hall–Kier alpha value is -2.84. The van der Waals surface area contributed by atoms with Crippen molar-refractivity contribution in [2.45, 2.75) is 0 Å². The first kappa shape index (κ1) is 10.7. The maximum atomic E-state index is 10.9. The maximum Gasteiger partial charge on any atom is 0.491 e. The van der Waals surface area contributed by atoms with Gasteiger partial charge in [-0.25, -0.2) is 4.79 Å². The number of aromatic nitrogens is 4. The Bertz CT molecular complexity index is 593. The van der Waals surface area contributed by atoms with Crippen LogP contribution in [0.25, 0.3) is 5.69 Å². The zero-order valence-corrected chi connectivity index (χ0v) is 8.22. The van der Waals surface area contributed by atoms with Gasteiger partial charge in [-0.1, -0.05) is 4.98 Å². The van der Waals surface area contributed by atoms with Crippen LogP contribution in [0.5, 0.6) is 0 Å². The Labute approximate surface area is 93.5 Å². The fourth-order valence-corrected chi connectivity index (χ4v) is 1.20. The fourth-order valence-electron chi connectivity index (χ4n) is 1.20. The molecule has 0 aliphatic carbocycles. The van der Waals surface area contributed by atoms with Crippen molar-refractivity contribution in [3.63, 3.8) is 0 Å². The molecule has 2 rings (SSSR count). The van der Waals surface area contributed by atoms with Gasteiger partial charge in [-0.2, -0.15) is 0 Å². The monoisotopic (exact) mass is 235 g/mol. The zero-order chi connectivity index (χ0) is 12.4. The first-order chi connectivity index (χ1) is 8.09. The van der Waals surface area contributed by atoms with Gasteiger partial charge in [0.25, 0.3) is 0 Å². The first-order valence-corrected chi connectivity index (χ1v) is 4.33. The number of aromatic carboxylic acids is 1. The van der Waals surface area contributed by atoms with E-state index < -0.39 is 16.8 Å². The molecule has 9 nitrogen and oxygen atoms in total. The highest BCUT2D eigenvalue weighted by Gasteiger charge is 2.18. The van der Waals surface area contributed by atoms with Gasteiger partial charge < -0.3 is 15.2 Å². The lowest BCUT2D eigenvalue weighted by atomic mass is 10.2. The van der Waals surface area contributed by atoms with E-state index in [1.54, 1.807) is 0 Å². The summed E-state index contributed by atoms with van der Waals surface area (Å²) in [7, 11) is 0. The quantitative estimate of drug-likeness (QED) is 0.597. The normalized spacial score (nSPS) is 10.1. The summed E-state index contributed by atoms with van der Waals surface area (Å²) in [6, 6.07) is 1.27. The molecule has 0 saturated heterocycles. The third-order valence-corrected chi connectivity index (χ3v) is 1.92. The van der Waals surface area contributed by atoms with E-state index in [9.17, 15) is 14.9 Å². The van der Waals surface area contributed by atoms with Gasteiger partial charge in [-0.15, -0.1) is 4.68 Å². The van der Waals surface area contributed by atoms with Crippen LogP contribution in [0.1, 0.15) is 10.4 Å². The van der Waals surface area contributed by atoms with Crippen molar-refractivity contribution in [1.29, 1.82) is 0 Å². The molecule has 0 bridgehead atoms. The van der Waals surface area contributed by atoms with Crippen molar-refractivity contribution in [3.8, 4) is 5.69 Å². The van der Waals surface area contributed by atoms with Crippen molar-refractivity contribution < 1.29 is 14.8 Å². The number of pyridine rings is 1. The number of nitrogens with zero attached hydrogens (tertiary/aromatic N) is 5. The second kappa shape index (κ2) is 3.96. The summed E-state index contributed by atoms with van der Waals surface area (Å²) in [5.74, 6) is -1.79. The molecule has 0 spiro atoms. The maximum absolute atomic E-state index is 10.9. The minimum Gasteiger partial charge on any atom is -0.478 e. The topological polar surface area (TPSA) is 124 Å². The minimum atomic E-state index is -1.18. The predicted molar refractivity (Wildman–Crippen MR) is 52.8 cm³/mol. The number of hydrogen-bond donors (Lipinski definition) is 1. The average molecular weight is 235 g/mol. The SMILES string of the molecule is O=C(O)c1ccncc1-n1cnc([N+](=O)[O-])n1. The van der Waals surface area contributed by atoms with Crippen LogP contribution in [0.2, 0.25) is 0 Å². The van der Waals surface area contributed by atoms with E-state index in [2.05, 4.69) is 15.1 Å². The van der Waals surface area contributed by atoms with Crippen LogP contribution in [0.4, 0.5) is 5.95 Å². The van der Waals surface area contributed by atoms with Crippen molar-refractivity contribution in [1.82, 2.24) is 19.7 Å². The second-order valence-electron chi connectivity index (χ2n) is 2.94. The molecule has 17 heavy (non-hydrogen) atoms. The fraction of sp³-hybridized carbons (Fsp3) is 0. The van der Waals surface area contributed by atoms with E-state index in [1.165, 1.54) is 18.5 Å². The Morgan fingerprint density at radius 3 is 2.88 bits per heavy atom. The first-order valence-electron chi connectivity index (χ1n) is 4.33. The van der Waals surface area contributed by atoms with Crippen molar-refractivity contribution in [2.75, 3.05) is 0 Å². The van der Waals surface area contributed by atoms with Gasteiger partial charge in [-0.05, 0) is 11.0 Å². The molecule has 0 saturated carbocycles. The molecule has 2 aromatic heterocycles. The van der Waals surface area contributed by atoms with Gasteiger partial charge in [-0.3, -0.25) is 4.98 Å². The minimum absolute atomic E-state index is 0.0696. The van der Waals surface area contributed by atoms with E-state index in [0.29, 0.717) is 0 Å². The second-order valence-corrected chi connectivity index (χ2v) is 2.94. The summed E-state index contributed by atoms with van der Waals surface area (Å²) in [6.07, 6.45) is 3.60. The molecule has 2 aromatic rings.